The van der Waals surface area contributed by atoms with Gasteiger partial charge in [-0.1, -0.05) is 24.6 Å². The number of unbranched alkanes of at least 4 members (excludes halogenated alkanes) is 3. The van der Waals surface area contributed by atoms with E-state index in [1.165, 1.54) is 34.8 Å². The van der Waals surface area contributed by atoms with Gasteiger partial charge in [-0.05, 0) is 66.0 Å². The number of rotatable bonds is 6. The van der Waals surface area contributed by atoms with Crippen molar-refractivity contribution in [2.45, 2.75) is 32.1 Å². The fourth-order valence-corrected chi connectivity index (χ4v) is 1.81. The average Bonchev–Trinajstić information content (AvgIpc) is 2.21. The SMILES string of the molecule is C=CCCCCCc1ccc(I)cc1. The minimum atomic E-state index is 1.16. The lowest BCUT2D eigenvalue weighted by Crippen LogP contribution is -1.85. The Hall–Kier alpha value is -0.310. The molecule has 1 heteroatoms. The highest BCUT2D eigenvalue weighted by atomic mass is 127. The second-order valence-electron chi connectivity index (χ2n) is 3.51. The number of aryl methyl sites for hydroxylation is 1. The summed E-state index contributed by atoms with van der Waals surface area (Å²) in [6.45, 7) is 3.73. The van der Waals surface area contributed by atoms with Crippen LogP contribution in [0.1, 0.15) is 31.2 Å². The molecule has 0 saturated heterocycles. The largest absolute Gasteiger partial charge is 0.103 e. The van der Waals surface area contributed by atoms with Crippen LogP contribution >= 0.6 is 22.6 Å². The zero-order valence-corrected chi connectivity index (χ0v) is 10.7. The molecule has 0 N–H and O–H groups in total. The third kappa shape index (κ3) is 4.80. The molecule has 0 radical (unpaired) electrons. The molecule has 0 heterocycles. The Bertz CT molecular complexity index is 261. The molecule has 76 valence electrons. The van der Waals surface area contributed by atoms with E-state index in [9.17, 15) is 0 Å². The van der Waals surface area contributed by atoms with Gasteiger partial charge in [0, 0.05) is 3.57 Å². The summed E-state index contributed by atoms with van der Waals surface area (Å²) in [6.07, 6.45) is 8.28. The number of allylic oxidation sites excluding steroid dienone is 1. The van der Waals surface area contributed by atoms with Crippen LogP contribution in [0.15, 0.2) is 36.9 Å². The van der Waals surface area contributed by atoms with E-state index in [0.29, 0.717) is 0 Å². The van der Waals surface area contributed by atoms with E-state index in [1.54, 1.807) is 0 Å². The maximum atomic E-state index is 3.73. The van der Waals surface area contributed by atoms with Crippen LogP contribution < -0.4 is 0 Å². The summed E-state index contributed by atoms with van der Waals surface area (Å²) in [4.78, 5) is 0. The summed E-state index contributed by atoms with van der Waals surface area (Å²) >= 11 is 2.34. The Labute approximate surface area is 101 Å². The molecular formula is C13H17I. The first-order valence-corrected chi connectivity index (χ1v) is 6.26. The monoisotopic (exact) mass is 300 g/mol. The van der Waals surface area contributed by atoms with Gasteiger partial charge in [0.1, 0.15) is 0 Å². The molecule has 1 aromatic rings. The highest BCUT2D eigenvalue weighted by molar-refractivity contribution is 14.1. The molecule has 0 bridgehead atoms. The van der Waals surface area contributed by atoms with Crippen molar-refractivity contribution >= 4 is 22.6 Å². The Morgan fingerprint density at radius 2 is 1.79 bits per heavy atom. The van der Waals surface area contributed by atoms with Crippen LogP contribution in [-0.4, -0.2) is 0 Å². The van der Waals surface area contributed by atoms with Gasteiger partial charge in [-0.25, -0.2) is 0 Å². The standard InChI is InChI=1S/C13H17I/c1-2-3-4-5-6-7-12-8-10-13(14)11-9-12/h2,8-11H,1,3-7H2. The first-order valence-electron chi connectivity index (χ1n) is 5.18. The summed E-state index contributed by atoms with van der Waals surface area (Å²) in [5, 5.41) is 0. The molecule has 1 rings (SSSR count). The van der Waals surface area contributed by atoms with E-state index in [1.807, 2.05) is 6.08 Å². The average molecular weight is 300 g/mol. The zero-order valence-electron chi connectivity index (χ0n) is 8.51. The Balaban J connectivity index is 2.18. The van der Waals surface area contributed by atoms with E-state index in [-0.39, 0.29) is 0 Å². The van der Waals surface area contributed by atoms with Crippen molar-refractivity contribution in [3.63, 3.8) is 0 Å². The van der Waals surface area contributed by atoms with Crippen molar-refractivity contribution < 1.29 is 0 Å². The second kappa shape index (κ2) is 7.04. The minimum absolute atomic E-state index is 1.16. The molecule has 0 saturated carbocycles. The summed E-state index contributed by atoms with van der Waals surface area (Å²) in [5.41, 5.74) is 1.46. The van der Waals surface area contributed by atoms with Crippen molar-refractivity contribution in [2.24, 2.45) is 0 Å². The topological polar surface area (TPSA) is 0 Å². The molecule has 0 atom stereocenters. The lowest BCUT2D eigenvalue weighted by molar-refractivity contribution is 0.687. The molecule has 14 heavy (non-hydrogen) atoms. The van der Waals surface area contributed by atoms with E-state index in [0.717, 1.165) is 6.42 Å². The number of benzene rings is 1. The Kier molecular flexibility index (Phi) is 5.92. The van der Waals surface area contributed by atoms with E-state index >= 15 is 0 Å². The molecule has 1 aromatic carbocycles. The molecule has 0 aliphatic carbocycles. The van der Waals surface area contributed by atoms with Gasteiger partial charge in [-0.15, -0.1) is 6.58 Å². The Morgan fingerprint density at radius 3 is 2.43 bits per heavy atom. The molecule has 0 aliphatic rings. The van der Waals surface area contributed by atoms with E-state index < -0.39 is 0 Å². The van der Waals surface area contributed by atoms with E-state index in [2.05, 4.69) is 53.4 Å². The van der Waals surface area contributed by atoms with Gasteiger partial charge in [-0.2, -0.15) is 0 Å². The third-order valence-electron chi connectivity index (χ3n) is 2.29. The predicted molar refractivity (Wildman–Crippen MR) is 71.5 cm³/mol. The van der Waals surface area contributed by atoms with Gasteiger partial charge in [-0.3, -0.25) is 0 Å². The first-order chi connectivity index (χ1) is 6.83. The van der Waals surface area contributed by atoms with Crippen molar-refractivity contribution in [3.05, 3.63) is 46.1 Å². The zero-order chi connectivity index (χ0) is 10.2. The maximum Gasteiger partial charge on any atom is 0.0130 e. The van der Waals surface area contributed by atoms with Crippen LogP contribution in [0.2, 0.25) is 0 Å². The van der Waals surface area contributed by atoms with Crippen molar-refractivity contribution in [2.75, 3.05) is 0 Å². The van der Waals surface area contributed by atoms with Crippen molar-refractivity contribution in [1.29, 1.82) is 0 Å². The summed E-state index contributed by atoms with van der Waals surface area (Å²) in [5.74, 6) is 0. The Morgan fingerprint density at radius 1 is 1.07 bits per heavy atom. The normalized spacial score (nSPS) is 10.1. The van der Waals surface area contributed by atoms with Crippen molar-refractivity contribution in [1.82, 2.24) is 0 Å². The smallest absolute Gasteiger partial charge is 0.0130 e. The number of hydrogen-bond acceptors (Lipinski definition) is 0. The molecular weight excluding hydrogens is 283 g/mol. The molecule has 0 unspecified atom stereocenters. The van der Waals surface area contributed by atoms with Crippen LogP contribution in [-0.2, 0) is 6.42 Å². The van der Waals surface area contributed by atoms with Gasteiger partial charge in [0.25, 0.3) is 0 Å². The van der Waals surface area contributed by atoms with Crippen LogP contribution in [0.25, 0.3) is 0 Å². The van der Waals surface area contributed by atoms with E-state index in [4.69, 9.17) is 0 Å². The van der Waals surface area contributed by atoms with Crippen LogP contribution in [0.5, 0.6) is 0 Å². The maximum absolute atomic E-state index is 3.73. The third-order valence-corrected chi connectivity index (χ3v) is 3.01. The highest BCUT2D eigenvalue weighted by Crippen LogP contribution is 2.10. The highest BCUT2D eigenvalue weighted by Gasteiger charge is 1.93. The van der Waals surface area contributed by atoms with Gasteiger partial charge in [0.2, 0.25) is 0 Å². The lowest BCUT2D eigenvalue weighted by Gasteiger charge is -2.00. The number of hydrogen-bond donors (Lipinski definition) is 0. The van der Waals surface area contributed by atoms with Gasteiger partial charge in [0.15, 0.2) is 0 Å². The minimum Gasteiger partial charge on any atom is -0.103 e. The quantitative estimate of drug-likeness (QED) is 0.410. The fraction of sp³-hybridized carbons (Fsp3) is 0.385. The summed E-state index contributed by atoms with van der Waals surface area (Å²) in [7, 11) is 0. The molecule has 0 aliphatic heterocycles. The van der Waals surface area contributed by atoms with Crippen molar-refractivity contribution in [3.8, 4) is 0 Å². The predicted octanol–water partition coefficient (Wildman–Crippen LogP) is 4.58. The van der Waals surface area contributed by atoms with Gasteiger partial charge >= 0.3 is 0 Å². The van der Waals surface area contributed by atoms with Crippen LogP contribution in [0, 0.1) is 3.57 Å². The molecule has 0 amide bonds. The second-order valence-corrected chi connectivity index (χ2v) is 4.76. The van der Waals surface area contributed by atoms with Crippen LogP contribution in [0.4, 0.5) is 0 Å². The molecule has 0 fully saturated rings. The molecule has 0 aromatic heterocycles. The van der Waals surface area contributed by atoms with Gasteiger partial charge in [0.05, 0.1) is 0 Å². The molecule has 0 spiro atoms. The van der Waals surface area contributed by atoms with Crippen LogP contribution in [0.3, 0.4) is 0 Å². The number of halogens is 1. The molecule has 0 nitrogen and oxygen atoms in total. The fourth-order valence-electron chi connectivity index (χ4n) is 1.45. The summed E-state index contributed by atoms with van der Waals surface area (Å²) in [6, 6.07) is 8.82. The summed E-state index contributed by atoms with van der Waals surface area (Å²) < 4.78 is 1.32. The lowest BCUT2D eigenvalue weighted by atomic mass is 10.1. The van der Waals surface area contributed by atoms with Gasteiger partial charge < -0.3 is 0 Å². The first kappa shape index (κ1) is 11.8.